The highest BCUT2D eigenvalue weighted by Gasteiger charge is 2.16. The molecule has 1 N–H and O–H groups in total. The number of rotatable bonds is 5. The van der Waals surface area contributed by atoms with E-state index in [1.807, 2.05) is 55.5 Å². The maximum atomic E-state index is 12.9. The molecule has 5 rings (SSSR count). The highest BCUT2D eigenvalue weighted by molar-refractivity contribution is 6.01. The van der Waals surface area contributed by atoms with Crippen molar-refractivity contribution in [2.45, 2.75) is 6.92 Å². The van der Waals surface area contributed by atoms with Gasteiger partial charge in [0.25, 0.3) is 0 Å². The highest BCUT2D eigenvalue weighted by Crippen LogP contribution is 2.34. The minimum absolute atomic E-state index is 0.333. The number of anilines is 1. The lowest BCUT2D eigenvalue weighted by molar-refractivity contribution is 0.415. The molecule has 0 fully saturated rings. The predicted molar refractivity (Wildman–Crippen MR) is 130 cm³/mol. The summed E-state index contributed by atoms with van der Waals surface area (Å²) in [7, 11) is 1.60. The zero-order valence-electron chi connectivity index (χ0n) is 18.2. The third-order valence-corrected chi connectivity index (χ3v) is 5.58. The maximum Gasteiger partial charge on any atom is 0.344 e. The van der Waals surface area contributed by atoms with E-state index in [9.17, 15) is 9.59 Å². The molecule has 2 aromatic heterocycles. The molecule has 0 bridgehead atoms. The van der Waals surface area contributed by atoms with Crippen molar-refractivity contribution >= 4 is 27.6 Å². The van der Waals surface area contributed by atoms with E-state index in [4.69, 9.17) is 13.6 Å². The summed E-state index contributed by atoms with van der Waals surface area (Å²) < 4.78 is 16.5. The maximum absolute atomic E-state index is 12.9. The molecule has 164 valence electrons. The van der Waals surface area contributed by atoms with Crippen LogP contribution in [-0.4, -0.2) is 13.7 Å². The second-order valence-corrected chi connectivity index (χ2v) is 7.62. The third-order valence-electron chi connectivity index (χ3n) is 5.58. The van der Waals surface area contributed by atoms with E-state index in [0.717, 1.165) is 34.3 Å². The lowest BCUT2D eigenvalue weighted by Crippen LogP contribution is -2.05. The number of methoxy groups -OCH3 is 1. The first-order valence-electron chi connectivity index (χ1n) is 10.6. The number of para-hydroxylation sites is 1. The van der Waals surface area contributed by atoms with Crippen LogP contribution in [-0.2, 0) is 0 Å². The van der Waals surface area contributed by atoms with Crippen LogP contribution in [0.1, 0.15) is 6.92 Å². The summed E-state index contributed by atoms with van der Waals surface area (Å²) in [6.45, 7) is 2.76. The summed E-state index contributed by atoms with van der Waals surface area (Å²) in [4.78, 5) is 25.4. The van der Waals surface area contributed by atoms with E-state index >= 15 is 0 Å². The van der Waals surface area contributed by atoms with Crippen LogP contribution in [0, 0.1) is 0 Å². The summed E-state index contributed by atoms with van der Waals surface area (Å²) >= 11 is 0. The Hall–Kier alpha value is -4.32. The van der Waals surface area contributed by atoms with Crippen molar-refractivity contribution in [3.8, 4) is 28.0 Å². The highest BCUT2D eigenvalue weighted by atomic mass is 16.5. The van der Waals surface area contributed by atoms with Gasteiger partial charge in [-0.05, 0) is 48.4 Å². The third kappa shape index (κ3) is 3.76. The van der Waals surface area contributed by atoms with Crippen LogP contribution in [0.2, 0.25) is 0 Å². The first-order valence-corrected chi connectivity index (χ1v) is 10.6. The molecule has 0 amide bonds. The molecule has 0 aliphatic rings. The van der Waals surface area contributed by atoms with Crippen molar-refractivity contribution < 1.29 is 13.6 Å². The predicted octanol–water partition coefficient (Wildman–Crippen LogP) is 5.67. The first kappa shape index (κ1) is 20.6. The van der Waals surface area contributed by atoms with Crippen LogP contribution in [0.4, 0.5) is 5.69 Å². The first-order chi connectivity index (χ1) is 16.1. The second-order valence-electron chi connectivity index (χ2n) is 7.62. The number of hydrogen-bond donors (Lipinski definition) is 1. The normalized spacial score (nSPS) is 11.1. The van der Waals surface area contributed by atoms with Crippen molar-refractivity contribution in [1.82, 2.24) is 0 Å². The van der Waals surface area contributed by atoms with Gasteiger partial charge in [0.1, 0.15) is 16.9 Å². The number of hydrogen-bond acceptors (Lipinski definition) is 6. The Morgan fingerprint density at radius 3 is 2.42 bits per heavy atom. The molecule has 3 aromatic carbocycles. The van der Waals surface area contributed by atoms with Crippen LogP contribution in [0.15, 0.2) is 91.2 Å². The minimum atomic E-state index is -0.499. The van der Waals surface area contributed by atoms with E-state index in [0.29, 0.717) is 27.9 Å². The quantitative estimate of drug-likeness (QED) is 0.355. The fourth-order valence-corrected chi connectivity index (χ4v) is 4.02. The Bertz CT molecular complexity index is 1600. The zero-order valence-corrected chi connectivity index (χ0v) is 18.2. The molecule has 0 aliphatic carbocycles. The lowest BCUT2D eigenvalue weighted by Gasteiger charge is -2.10. The molecule has 6 heteroatoms. The van der Waals surface area contributed by atoms with Crippen molar-refractivity contribution in [3.05, 3.63) is 93.6 Å². The van der Waals surface area contributed by atoms with E-state index in [-0.39, 0.29) is 0 Å². The van der Waals surface area contributed by atoms with Crippen molar-refractivity contribution in [1.29, 1.82) is 0 Å². The largest absolute Gasteiger partial charge is 0.497 e. The SMILES string of the molecule is CCNc1ccc2cc(-c3cccc4c(-c5ccc(OC)cc5)cc(=O)oc34)c(=O)oc2c1. The van der Waals surface area contributed by atoms with Crippen LogP contribution in [0.3, 0.4) is 0 Å². The summed E-state index contributed by atoms with van der Waals surface area (Å²) in [6, 6.07) is 21.7. The van der Waals surface area contributed by atoms with Gasteiger partial charge in [-0.2, -0.15) is 0 Å². The van der Waals surface area contributed by atoms with Gasteiger partial charge >= 0.3 is 11.3 Å². The standard InChI is InChI=1S/C27H21NO5/c1-3-28-18-10-7-17-13-23(27(30)32-24(17)14-18)21-6-4-5-20-22(15-25(29)33-26(20)21)16-8-11-19(31-2)12-9-16/h4-15,28H,3H2,1-2H3. The van der Waals surface area contributed by atoms with E-state index in [1.54, 1.807) is 25.3 Å². The van der Waals surface area contributed by atoms with Gasteiger partial charge in [-0.15, -0.1) is 0 Å². The van der Waals surface area contributed by atoms with Gasteiger partial charge in [-0.25, -0.2) is 9.59 Å². The van der Waals surface area contributed by atoms with E-state index in [1.165, 1.54) is 6.07 Å². The lowest BCUT2D eigenvalue weighted by atomic mass is 9.97. The molecule has 6 nitrogen and oxygen atoms in total. The van der Waals surface area contributed by atoms with E-state index < -0.39 is 11.3 Å². The Kier molecular flexibility index (Phi) is 5.18. The number of fused-ring (bicyclic) bond motifs is 2. The fourth-order valence-electron chi connectivity index (χ4n) is 4.02. The van der Waals surface area contributed by atoms with Gasteiger partial charge in [0.2, 0.25) is 0 Å². The Morgan fingerprint density at radius 1 is 0.848 bits per heavy atom. The number of ether oxygens (including phenoxy) is 1. The van der Waals surface area contributed by atoms with Gasteiger partial charge in [-0.3, -0.25) is 0 Å². The average molecular weight is 439 g/mol. The van der Waals surface area contributed by atoms with Gasteiger partial charge < -0.3 is 18.9 Å². The monoisotopic (exact) mass is 439 g/mol. The molecule has 0 aliphatic heterocycles. The average Bonchev–Trinajstić information content (AvgIpc) is 2.83. The number of benzene rings is 3. The summed E-state index contributed by atoms with van der Waals surface area (Å²) in [5.41, 5.74) is 3.10. The molecule has 0 radical (unpaired) electrons. The Labute approximate surface area is 189 Å². The van der Waals surface area contributed by atoms with Crippen LogP contribution < -0.4 is 21.3 Å². The summed E-state index contributed by atoms with van der Waals surface area (Å²) in [6.07, 6.45) is 0. The molecule has 0 unspecified atom stereocenters. The van der Waals surface area contributed by atoms with Crippen LogP contribution >= 0.6 is 0 Å². The minimum Gasteiger partial charge on any atom is -0.497 e. The van der Waals surface area contributed by atoms with Gasteiger partial charge in [-0.1, -0.05) is 30.3 Å². The van der Waals surface area contributed by atoms with Gasteiger partial charge in [0.05, 0.1) is 12.7 Å². The zero-order chi connectivity index (χ0) is 22.9. The van der Waals surface area contributed by atoms with Crippen LogP contribution in [0.5, 0.6) is 5.75 Å². The molecular formula is C27H21NO5. The van der Waals surface area contributed by atoms with E-state index in [2.05, 4.69) is 5.32 Å². The molecule has 2 heterocycles. The molecule has 0 atom stereocenters. The molecule has 5 aromatic rings. The topological polar surface area (TPSA) is 81.7 Å². The number of nitrogens with one attached hydrogen (secondary N) is 1. The summed E-state index contributed by atoms with van der Waals surface area (Å²) in [5.74, 6) is 0.720. The Morgan fingerprint density at radius 2 is 1.67 bits per heavy atom. The molecule has 0 saturated carbocycles. The van der Waals surface area contributed by atoms with Crippen molar-refractivity contribution in [3.63, 3.8) is 0 Å². The molecule has 0 saturated heterocycles. The van der Waals surface area contributed by atoms with Crippen molar-refractivity contribution in [2.24, 2.45) is 0 Å². The Balaban J connectivity index is 1.72. The van der Waals surface area contributed by atoms with Crippen molar-refractivity contribution in [2.75, 3.05) is 19.0 Å². The molecule has 0 spiro atoms. The van der Waals surface area contributed by atoms with Gasteiger partial charge in [0, 0.05) is 40.7 Å². The summed E-state index contributed by atoms with van der Waals surface area (Å²) in [5, 5.41) is 4.70. The van der Waals surface area contributed by atoms with Crippen LogP contribution in [0.25, 0.3) is 44.2 Å². The fraction of sp³-hybridized carbons (Fsp3) is 0.111. The van der Waals surface area contributed by atoms with Gasteiger partial charge in [0.15, 0.2) is 0 Å². The molecule has 33 heavy (non-hydrogen) atoms. The second kappa shape index (κ2) is 8.31. The smallest absolute Gasteiger partial charge is 0.344 e. The molecular weight excluding hydrogens is 418 g/mol.